The highest BCUT2D eigenvalue weighted by Gasteiger charge is 2.16. The molecule has 2 rings (SSSR count). The van der Waals surface area contributed by atoms with Gasteiger partial charge in [-0.2, -0.15) is 5.48 Å². The average molecular weight is 263 g/mol. The second-order valence-electron chi connectivity index (χ2n) is 5.60. The predicted molar refractivity (Wildman–Crippen MR) is 77.1 cm³/mol. The van der Waals surface area contributed by atoms with Crippen LogP contribution < -0.4 is 10.2 Å². The molecule has 1 aromatic carbocycles. The fourth-order valence-electron chi connectivity index (χ4n) is 2.38. The summed E-state index contributed by atoms with van der Waals surface area (Å²) in [5.74, 6) is 0.919. The first-order valence-corrected chi connectivity index (χ1v) is 7.33. The predicted octanol–water partition coefficient (Wildman–Crippen LogP) is 4.00. The van der Waals surface area contributed by atoms with Crippen molar-refractivity contribution in [2.24, 2.45) is 0 Å². The number of rotatable bonds is 6. The zero-order chi connectivity index (χ0) is 13.7. The topological polar surface area (TPSA) is 30.5 Å². The fraction of sp³-hybridized carbons (Fsp3) is 0.625. The Hall–Kier alpha value is -1.06. The number of hydroxylamine groups is 1. The van der Waals surface area contributed by atoms with E-state index in [1.807, 2.05) is 26.0 Å². The molecule has 0 spiro atoms. The van der Waals surface area contributed by atoms with E-state index in [9.17, 15) is 0 Å². The molecule has 3 nitrogen and oxygen atoms in total. The summed E-state index contributed by atoms with van der Waals surface area (Å²) in [7, 11) is 0. The van der Waals surface area contributed by atoms with Crippen LogP contribution in [0.2, 0.25) is 0 Å². The van der Waals surface area contributed by atoms with Crippen LogP contribution in [-0.4, -0.2) is 12.2 Å². The van der Waals surface area contributed by atoms with Crippen molar-refractivity contribution in [1.82, 2.24) is 5.48 Å². The van der Waals surface area contributed by atoms with Gasteiger partial charge in [0.15, 0.2) is 0 Å². The average Bonchev–Trinajstić information content (AvgIpc) is 2.89. The molecular formula is C16H25NO2. The highest BCUT2D eigenvalue weighted by atomic mass is 16.7. The van der Waals surface area contributed by atoms with Crippen LogP contribution in [0.3, 0.4) is 0 Å². The second-order valence-corrected chi connectivity index (χ2v) is 5.60. The molecule has 1 unspecified atom stereocenters. The van der Waals surface area contributed by atoms with Gasteiger partial charge < -0.3 is 4.74 Å². The van der Waals surface area contributed by atoms with Crippen LogP contribution in [0.5, 0.6) is 5.75 Å². The van der Waals surface area contributed by atoms with Crippen LogP contribution >= 0.6 is 0 Å². The van der Waals surface area contributed by atoms with Gasteiger partial charge in [-0.1, -0.05) is 25.0 Å². The van der Waals surface area contributed by atoms with Crippen LogP contribution in [0.1, 0.15) is 58.1 Å². The lowest BCUT2D eigenvalue weighted by atomic mass is 10.1. The maximum absolute atomic E-state index is 5.73. The van der Waals surface area contributed by atoms with E-state index in [4.69, 9.17) is 9.57 Å². The number of hydrogen-bond donors (Lipinski definition) is 1. The van der Waals surface area contributed by atoms with Crippen molar-refractivity contribution in [1.29, 1.82) is 0 Å². The van der Waals surface area contributed by atoms with Gasteiger partial charge in [-0.05, 0) is 51.3 Å². The summed E-state index contributed by atoms with van der Waals surface area (Å²) in [6.07, 6.45) is 5.56. The molecule has 1 aliphatic rings. The van der Waals surface area contributed by atoms with Gasteiger partial charge in [-0.25, -0.2) is 0 Å². The number of ether oxygens (including phenoxy) is 1. The minimum Gasteiger partial charge on any atom is -0.491 e. The van der Waals surface area contributed by atoms with E-state index in [2.05, 4.69) is 24.5 Å². The normalized spacial score (nSPS) is 17.9. The molecule has 1 atom stereocenters. The minimum atomic E-state index is 0.202. The molecule has 106 valence electrons. The SMILES string of the molecule is CC(C)Oc1ccc(C(C)NOC2CCCC2)cc1. The quantitative estimate of drug-likeness (QED) is 0.787. The van der Waals surface area contributed by atoms with Crippen LogP contribution in [0, 0.1) is 0 Å². The highest BCUT2D eigenvalue weighted by Crippen LogP contribution is 2.22. The molecule has 1 N–H and O–H groups in total. The molecule has 1 aliphatic carbocycles. The molecule has 0 amide bonds. The van der Waals surface area contributed by atoms with E-state index in [1.54, 1.807) is 0 Å². The first-order chi connectivity index (χ1) is 9.15. The Morgan fingerprint density at radius 1 is 1.05 bits per heavy atom. The fourth-order valence-corrected chi connectivity index (χ4v) is 2.38. The summed E-state index contributed by atoms with van der Waals surface area (Å²) in [6, 6.07) is 8.42. The standard InChI is InChI=1S/C16H25NO2/c1-12(2)18-15-10-8-14(9-11-15)13(3)17-19-16-6-4-5-7-16/h8-13,16-17H,4-7H2,1-3H3. The van der Waals surface area contributed by atoms with Crippen LogP contribution in [0.4, 0.5) is 0 Å². The second kappa shape index (κ2) is 6.92. The molecule has 19 heavy (non-hydrogen) atoms. The zero-order valence-electron chi connectivity index (χ0n) is 12.2. The van der Waals surface area contributed by atoms with E-state index in [0.29, 0.717) is 6.10 Å². The lowest BCUT2D eigenvalue weighted by molar-refractivity contribution is -0.0376. The van der Waals surface area contributed by atoms with E-state index in [1.165, 1.54) is 31.2 Å². The third-order valence-corrected chi connectivity index (χ3v) is 3.47. The third kappa shape index (κ3) is 4.51. The van der Waals surface area contributed by atoms with E-state index in [0.717, 1.165) is 5.75 Å². The zero-order valence-corrected chi connectivity index (χ0v) is 12.2. The lowest BCUT2D eigenvalue weighted by Crippen LogP contribution is -2.24. The van der Waals surface area contributed by atoms with Gasteiger partial charge >= 0.3 is 0 Å². The monoisotopic (exact) mass is 263 g/mol. The van der Waals surface area contributed by atoms with Crippen LogP contribution in [-0.2, 0) is 4.84 Å². The van der Waals surface area contributed by atoms with Crippen molar-refractivity contribution in [2.45, 2.75) is 64.7 Å². The lowest BCUT2D eigenvalue weighted by Gasteiger charge is -2.18. The molecule has 1 saturated carbocycles. The van der Waals surface area contributed by atoms with Crippen LogP contribution in [0.15, 0.2) is 24.3 Å². The van der Waals surface area contributed by atoms with E-state index < -0.39 is 0 Å². The maximum Gasteiger partial charge on any atom is 0.119 e. The third-order valence-electron chi connectivity index (χ3n) is 3.47. The summed E-state index contributed by atoms with van der Waals surface area (Å²) in [5, 5.41) is 0. The summed E-state index contributed by atoms with van der Waals surface area (Å²) in [4.78, 5) is 5.73. The van der Waals surface area contributed by atoms with Crippen molar-refractivity contribution in [3.63, 3.8) is 0 Å². The van der Waals surface area contributed by atoms with Gasteiger partial charge in [-0.15, -0.1) is 0 Å². The minimum absolute atomic E-state index is 0.202. The first-order valence-electron chi connectivity index (χ1n) is 7.33. The largest absolute Gasteiger partial charge is 0.491 e. The Labute approximate surface area is 116 Å². The van der Waals surface area contributed by atoms with Crippen molar-refractivity contribution < 1.29 is 9.57 Å². The molecule has 1 fully saturated rings. The maximum atomic E-state index is 5.73. The summed E-state index contributed by atoms with van der Waals surface area (Å²) >= 11 is 0. The Morgan fingerprint density at radius 3 is 2.26 bits per heavy atom. The van der Waals surface area contributed by atoms with E-state index >= 15 is 0 Å². The molecule has 0 bridgehead atoms. The van der Waals surface area contributed by atoms with E-state index in [-0.39, 0.29) is 12.1 Å². The van der Waals surface area contributed by atoms with Gasteiger partial charge in [0.2, 0.25) is 0 Å². The Morgan fingerprint density at radius 2 is 1.68 bits per heavy atom. The molecule has 1 aromatic rings. The Bertz CT molecular complexity index is 369. The highest BCUT2D eigenvalue weighted by molar-refractivity contribution is 5.28. The molecule has 0 aliphatic heterocycles. The number of nitrogens with one attached hydrogen (secondary N) is 1. The molecular weight excluding hydrogens is 238 g/mol. The molecule has 0 radical (unpaired) electrons. The van der Waals surface area contributed by atoms with Gasteiger partial charge in [0.1, 0.15) is 5.75 Å². The van der Waals surface area contributed by atoms with Gasteiger partial charge in [0.05, 0.1) is 18.2 Å². The Kier molecular flexibility index (Phi) is 5.23. The summed E-state index contributed by atoms with van der Waals surface area (Å²) < 4.78 is 5.64. The van der Waals surface area contributed by atoms with Gasteiger partial charge in [0.25, 0.3) is 0 Å². The van der Waals surface area contributed by atoms with Crippen molar-refractivity contribution in [2.75, 3.05) is 0 Å². The summed E-state index contributed by atoms with van der Waals surface area (Å²) in [5.41, 5.74) is 4.38. The molecule has 0 saturated heterocycles. The van der Waals surface area contributed by atoms with Gasteiger partial charge in [-0.3, -0.25) is 4.84 Å². The van der Waals surface area contributed by atoms with Crippen LogP contribution in [0.25, 0.3) is 0 Å². The van der Waals surface area contributed by atoms with Gasteiger partial charge in [0, 0.05) is 0 Å². The van der Waals surface area contributed by atoms with Crippen molar-refractivity contribution in [3.8, 4) is 5.75 Å². The molecule has 3 heteroatoms. The molecule has 0 aromatic heterocycles. The smallest absolute Gasteiger partial charge is 0.119 e. The van der Waals surface area contributed by atoms with Crippen molar-refractivity contribution >= 4 is 0 Å². The molecule has 0 heterocycles. The number of benzene rings is 1. The Balaban J connectivity index is 1.82. The number of hydrogen-bond acceptors (Lipinski definition) is 3. The first kappa shape index (κ1) is 14.4. The van der Waals surface area contributed by atoms with Crippen molar-refractivity contribution in [3.05, 3.63) is 29.8 Å². The summed E-state index contributed by atoms with van der Waals surface area (Å²) in [6.45, 7) is 6.19.